The molecular weight excluding hydrogens is 132 g/mol. The summed E-state index contributed by atoms with van der Waals surface area (Å²) in [5.41, 5.74) is 3.55. The Bertz CT molecular complexity index is 282. The van der Waals surface area contributed by atoms with Crippen molar-refractivity contribution in [3.8, 4) is 0 Å². The summed E-state index contributed by atoms with van der Waals surface area (Å²) in [6, 6.07) is 6.23. The van der Waals surface area contributed by atoms with E-state index < -0.39 is 0 Å². The van der Waals surface area contributed by atoms with Crippen LogP contribution >= 0.6 is 0 Å². The molecule has 0 bridgehead atoms. The van der Waals surface area contributed by atoms with E-state index in [1.165, 1.54) is 5.56 Å². The molecule has 0 radical (unpaired) electrons. The van der Waals surface area contributed by atoms with Crippen LogP contribution in [0, 0.1) is 6.92 Å². The molecule has 0 unspecified atom stereocenters. The molecule has 0 atom stereocenters. The standard InChI is InChI=1S/C11H12/c1-4-10-7-6-9(3)8-11(10)5-2/h4-8H,1-2H2,3H3. The smallest absolute Gasteiger partial charge is 0.0187 e. The van der Waals surface area contributed by atoms with Gasteiger partial charge in [-0.3, -0.25) is 0 Å². The Hall–Kier alpha value is -1.30. The van der Waals surface area contributed by atoms with Crippen LogP contribution in [0.4, 0.5) is 0 Å². The molecular formula is C11H12. The first kappa shape index (κ1) is 7.80. The molecule has 0 aliphatic rings. The van der Waals surface area contributed by atoms with Gasteiger partial charge < -0.3 is 0 Å². The molecule has 0 fully saturated rings. The van der Waals surface area contributed by atoms with Gasteiger partial charge in [-0.15, -0.1) is 0 Å². The van der Waals surface area contributed by atoms with Gasteiger partial charge in [0.1, 0.15) is 0 Å². The van der Waals surface area contributed by atoms with Gasteiger partial charge in [-0.1, -0.05) is 49.1 Å². The number of aryl methyl sites for hydroxylation is 1. The molecule has 56 valence electrons. The Morgan fingerprint density at radius 1 is 1.09 bits per heavy atom. The summed E-state index contributed by atoms with van der Waals surface area (Å²) < 4.78 is 0. The highest BCUT2D eigenvalue weighted by molar-refractivity contribution is 5.64. The van der Waals surface area contributed by atoms with E-state index in [0.717, 1.165) is 11.1 Å². The summed E-state index contributed by atoms with van der Waals surface area (Å²) in [4.78, 5) is 0. The van der Waals surface area contributed by atoms with Crippen LogP contribution in [0.2, 0.25) is 0 Å². The lowest BCUT2D eigenvalue weighted by Crippen LogP contribution is -1.80. The van der Waals surface area contributed by atoms with Gasteiger partial charge in [-0.2, -0.15) is 0 Å². The monoisotopic (exact) mass is 144 g/mol. The van der Waals surface area contributed by atoms with Crippen molar-refractivity contribution in [1.82, 2.24) is 0 Å². The lowest BCUT2D eigenvalue weighted by atomic mass is 10.0. The summed E-state index contributed by atoms with van der Waals surface area (Å²) in [7, 11) is 0. The van der Waals surface area contributed by atoms with Crippen LogP contribution in [0.3, 0.4) is 0 Å². The first-order chi connectivity index (χ1) is 5.27. The molecule has 0 aliphatic carbocycles. The fourth-order valence-corrected chi connectivity index (χ4v) is 1.06. The van der Waals surface area contributed by atoms with Gasteiger partial charge in [-0.25, -0.2) is 0 Å². The van der Waals surface area contributed by atoms with E-state index in [1.54, 1.807) is 0 Å². The van der Waals surface area contributed by atoms with Crippen molar-refractivity contribution in [2.24, 2.45) is 0 Å². The first-order valence-corrected chi connectivity index (χ1v) is 3.63. The van der Waals surface area contributed by atoms with E-state index in [9.17, 15) is 0 Å². The topological polar surface area (TPSA) is 0 Å². The molecule has 0 N–H and O–H groups in total. The molecule has 0 amide bonds. The highest BCUT2D eigenvalue weighted by Crippen LogP contribution is 2.13. The molecule has 0 aliphatic heterocycles. The highest BCUT2D eigenvalue weighted by atomic mass is 14.0. The minimum absolute atomic E-state index is 1.14. The first-order valence-electron chi connectivity index (χ1n) is 3.63. The molecule has 0 saturated carbocycles. The largest absolute Gasteiger partial charge is 0.0984 e. The Morgan fingerprint density at radius 3 is 2.27 bits per heavy atom. The Kier molecular flexibility index (Phi) is 2.27. The lowest BCUT2D eigenvalue weighted by Gasteiger charge is -2.00. The predicted molar refractivity (Wildman–Crippen MR) is 51.4 cm³/mol. The second-order valence-electron chi connectivity index (χ2n) is 2.54. The molecule has 0 aromatic heterocycles. The van der Waals surface area contributed by atoms with Gasteiger partial charge in [0.2, 0.25) is 0 Å². The van der Waals surface area contributed by atoms with Crippen molar-refractivity contribution in [2.75, 3.05) is 0 Å². The maximum atomic E-state index is 3.73. The van der Waals surface area contributed by atoms with Crippen LogP contribution < -0.4 is 0 Å². The summed E-state index contributed by atoms with van der Waals surface area (Å²) in [5.74, 6) is 0. The van der Waals surface area contributed by atoms with E-state index in [-0.39, 0.29) is 0 Å². The third kappa shape index (κ3) is 1.58. The second-order valence-corrected chi connectivity index (χ2v) is 2.54. The van der Waals surface area contributed by atoms with Gasteiger partial charge >= 0.3 is 0 Å². The van der Waals surface area contributed by atoms with Crippen LogP contribution in [-0.4, -0.2) is 0 Å². The highest BCUT2D eigenvalue weighted by Gasteiger charge is 1.93. The zero-order valence-electron chi connectivity index (χ0n) is 6.80. The third-order valence-electron chi connectivity index (χ3n) is 1.68. The molecule has 11 heavy (non-hydrogen) atoms. The van der Waals surface area contributed by atoms with Gasteiger partial charge in [0, 0.05) is 0 Å². The number of hydrogen-bond acceptors (Lipinski definition) is 0. The van der Waals surface area contributed by atoms with Crippen molar-refractivity contribution in [2.45, 2.75) is 6.92 Å². The second kappa shape index (κ2) is 3.20. The van der Waals surface area contributed by atoms with Crippen LogP contribution in [0.15, 0.2) is 31.4 Å². The molecule has 0 spiro atoms. The summed E-state index contributed by atoms with van der Waals surface area (Å²) in [6.45, 7) is 9.52. The maximum Gasteiger partial charge on any atom is -0.0187 e. The minimum Gasteiger partial charge on any atom is -0.0984 e. The Labute approximate surface area is 67.9 Å². The van der Waals surface area contributed by atoms with Gasteiger partial charge in [-0.05, 0) is 18.1 Å². The van der Waals surface area contributed by atoms with Crippen molar-refractivity contribution in [3.63, 3.8) is 0 Å². The zero-order chi connectivity index (χ0) is 8.27. The fraction of sp³-hybridized carbons (Fsp3) is 0.0909. The van der Waals surface area contributed by atoms with Crippen molar-refractivity contribution < 1.29 is 0 Å². The summed E-state index contributed by atoms with van der Waals surface area (Å²) in [5, 5.41) is 0. The molecule has 0 heteroatoms. The van der Waals surface area contributed by atoms with Crippen LogP contribution in [0.25, 0.3) is 12.2 Å². The maximum absolute atomic E-state index is 3.73. The quantitative estimate of drug-likeness (QED) is 0.597. The Morgan fingerprint density at radius 2 is 1.73 bits per heavy atom. The Balaban J connectivity index is 3.26. The summed E-state index contributed by atoms with van der Waals surface area (Å²) in [6.07, 6.45) is 3.69. The average Bonchev–Trinajstić information content (AvgIpc) is 2.04. The van der Waals surface area contributed by atoms with Crippen LogP contribution in [0.5, 0.6) is 0 Å². The zero-order valence-corrected chi connectivity index (χ0v) is 6.80. The third-order valence-corrected chi connectivity index (χ3v) is 1.68. The average molecular weight is 144 g/mol. The molecule has 1 aromatic carbocycles. The van der Waals surface area contributed by atoms with Gasteiger partial charge in [0.25, 0.3) is 0 Å². The van der Waals surface area contributed by atoms with Crippen molar-refractivity contribution >= 4 is 12.2 Å². The number of hydrogen-bond donors (Lipinski definition) is 0. The van der Waals surface area contributed by atoms with E-state index in [4.69, 9.17) is 0 Å². The fourth-order valence-electron chi connectivity index (χ4n) is 1.06. The van der Waals surface area contributed by atoms with Gasteiger partial charge in [0.05, 0.1) is 0 Å². The molecule has 0 saturated heterocycles. The predicted octanol–water partition coefficient (Wildman–Crippen LogP) is 3.28. The van der Waals surface area contributed by atoms with E-state index >= 15 is 0 Å². The summed E-state index contributed by atoms with van der Waals surface area (Å²) >= 11 is 0. The van der Waals surface area contributed by atoms with Crippen molar-refractivity contribution in [3.05, 3.63) is 48.0 Å². The minimum atomic E-state index is 1.14. The molecule has 1 aromatic rings. The van der Waals surface area contributed by atoms with E-state index in [2.05, 4.69) is 38.3 Å². The number of rotatable bonds is 2. The van der Waals surface area contributed by atoms with Crippen LogP contribution in [-0.2, 0) is 0 Å². The molecule has 1 rings (SSSR count). The van der Waals surface area contributed by atoms with Crippen molar-refractivity contribution in [1.29, 1.82) is 0 Å². The molecule has 0 nitrogen and oxygen atoms in total. The SMILES string of the molecule is C=Cc1ccc(C)cc1C=C. The molecule has 0 heterocycles. The van der Waals surface area contributed by atoms with Gasteiger partial charge in [0.15, 0.2) is 0 Å². The van der Waals surface area contributed by atoms with E-state index in [0.29, 0.717) is 0 Å². The van der Waals surface area contributed by atoms with E-state index in [1.807, 2.05) is 12.2 Å². The normalized spacial score (nSPS) is 9.18. The number of benzene rings is 1. The lowest BCUT2D eigenvalue weighted by molar-refractivity contribution is 1.45. The van der Waals surface area contributed by atoms with Crippen LogP contribution in [0.1, 0.15) is 16.7 Å².